The molecule has 2 aromatic carbocycles. The molecule has 5 aromatic rings. The first-order chi connectivity index (χ1) is 22.4. The van der Waals surface area contributed by atoms with Gasteiger partial charge in [-0.1, -0.05) is 6.07 Å². The average Bonchev–Trinajstić information content (AvgIpc) is 3.47. The van der Waals surface area contributed by atoms with Crippen molar-refractivity contribution < 1.29 is 14.3 Å². The number of imidazole rings is 1. The molecule has 234 valence electrons. The number of amides is 3. The molecule has 11 nitrogen and oxygen atoms in total. The van der Waals surface area contributed by atoms with Gasteiger partial charge >= 0.3 is 6.03 Å². The fourth-order valence-electron chi connectivity index (χ4n) is 7.85. The van der Waals surface area contributed by atoms with Gasteiger partial charge in [-0.3, -0.25) is 4.79 Å². The molecule has 2 unspecified atom stereocenters. The molecule has 11 heteroatoms. The van der Waals surface area contributed by atoms with Gasteiger partial charge in [0.15, 0.2) is 5.82 Å². The summed E-state index contributed by atoms with van der Waals surface area (Å²) >= 11 is 0. The van der Waals surface area contributed by atoms with E-state index in [-0.39, 0.29) is 24.0 Å². The van der Waals surface area contributed by atoms with Crippen molar-refractivity contribution in [3.05, 3.63) is 59.7 Å². The van der Waals surface area contributed by atoms with Crippen LogP contribution < -0.4 is 21.1 Å². The second-order valence-corrected chi connectivity index (χ2v) is 13.4. The summed E-state index contributed by atoms with van der Waals surface area (Å²) in [6.07, 6.45) is 4.46. The van der Waals surface area contributed by atoms with Crippen molar-refractivity contribution in [1.29, 1.82) is 0 Å². The van der Waals surface area contributed by atoms with Gasteiger partial charge in [0, 0.05) is 61.0 Å². The SMILES string of the molecule is COc1cc(C(=O)N2CC3CCC2[C@@H]3N)cc2nc(-c3cc4ccc(-c5ccc6c(c5)CNC(=O)N6)nc4n3CC3CC3)n(C)c12. The number of carbonyl (C=O) groups is 2. The van der Waals surface area contributed by atoms with Crippen molar-refractivity contribution in [2.24, 2.45) is 24.6 Å². The molecule has 4 N–H and O–H groups in total. The van der Waals surface area contributed by atoms with Crippen molar-refractivity contribution >= 4 is 39.7 Å². The minimum absolute atomic E-state index is 0.00466. The summed E-state index contributed by atoms with van der Waals surface area (Å²) in [5.74, 6) is 2.41. The molecule has 1 saturated heterocycles. The monoisotopic (exact) mass is 616 g/mol. The zero-order chi connectivity index (χ0) is 31.3. The standard InChI is InChI=1S/C35H36N8O3/c1-41-31-26(12-22(14-29(31)46-2)34(44)43-17-21-7-10-27(43)30(21)36)39-33(41)28-13-20-6-9-24(38-32(20)42(28)16-18-3-4-18)19-5-8-25-23(11-19)15-37-35(45)40-25/h5-6,8-9,11-14,18,21,27,30H,3-4,7,10,15-17,36H2,1-2H3,(H2,37,40,45)/t21?,27?,30-/m1/s1. The number of fused-ring (bicyclic) bond motifs is 5. The Bertz CT molecular complexity index is 2090. The third kappa shape index (κ3) is 4.21. The number of likely N-dealkylation sites (tertiary alicyclic amines) is 1. The number of pyridine rings is 1. The van der Waals surface area contributed by atoms with E-state index < -0.39 is 0 Å². The highest BCUT2D eigenvalue weighted by Crippen LogP contribution is 2.40. The van der Waals surface area contributed by atoms with Crippen molar-refractivity contribution in [2.75, 3.05) is 19.0 Å². The number of methoxy groups -OCH3 is 1. The predicted octanol–water partition coefficient (Wildman–Crippen LogP) is 4.87. The second-order valence-electron chi connectivity index (χ2n) is 13.4. The molecule has 9 rings (SSSR count). The molecule has 2 aliphatic carbocycles. The molecule has 2 aliphatic heterocycles. The number of urea groups is 1. The molecular formula is C35H36N8O3. The topological polar surface area (TPSA) is 132 Å². The van der Waals surface area contributed by atoms with E-state index in [1.54, 1.807) is 7.11 Å². The van der Waals surface area contributed by atoms with E-state index in [9.17, 15) is 9.59 Å². The number of nitrogens with two attached hydrogens (primary N) is 1. The molecule has 3 atom stereocenters. The van der Waals surface area contributed by atoms with E-state index in [1.165, 1.54) is 12.8 Å². The highest BCUT2D eigenvalue weighted by molar-refractivity contribution is 6.00. The van der Waals surface area contributed by atoms with Gasteiger partial charge in [-0.05, 0) is 85.5 Å². The third-order valence-electron chi connectivity index (χ3n) is 10.5. The van der Waals surface area contributed by atoms with Gasteiger partial charge in [0.25, 0.3) is 5.91 Å². The van der Waals surface area contributed by atoms with Crippen LogP contribution in [0.1, 0.15) is 41.6 Å². The van der Waals surface area contributed by atoms with Gasteiger partial charge < -0.3 is 35.1 Å². The lowest BCUT2D eigenvalue weighted by Gasteiger charge is -2.27. The number of nitrogens with zero attached hydrogens (tertiary/aromatic N) is 5. The number of nitrogens with one attached hydrogen (secondary N) is 2. The van der Waals surface area contributed by atoms with Crippen LogP contribution in [-0.4, -0.2) is 61.7 Å². The maximum absolute atomic E-state index is 13.7. The Balaban J connectivity index is 1.13. The summed E-state index contributed by atoms with van der Waals surface area (Å²) in [7, 11) is 3.65. The first-order valence-electron chi connectivity index (χ1n) is 16.2. The molecule has 46 heavy (non-hydrogen) atoms. The molecule has 3 aromatic heterocycles. The van der Waals surface area contributed by atoms with Crippen molar-refractivity contribution in [2.45, 2.75) is 50.9 Å². The summed E-state index contributed by atoms with van der Waals surface area (Å²) in [4.78, 5) is 37.8. The average molecular weight is 617 g/mol. The summed E-state index contributed by atoms with van der Waals surface area (Å²) in [5.41, 5.74) is 14.2. The van der Waals surface area contributed by atoms with Crippen LogP contribution in [0.15, 0.2) is 48.5 Å². The van der Waals surface area contributed by atoms with E-state index in [0.717, 1.165) is 75.5 Å². The van der Waals surface area contributed by atoms with Gasteiger partial charge in [-0.15, -0.1) is 0 Å². The molecule has 4 aliphatic rings. The van der Waals surface area contributed by atoms with E-state index in [1.807, 2.05) is 36.2 Å². The third-order valence-corrected chi connectivity index (χ3v) is 10.5. The lowest BCUT2D eigenvalue weighted by atomic mass is 10.0. The van der Waals surface area contributed by atoms with E-state index >= 15 is 0 Å². The van der Waals surface area contributed by atoms with Crippen LogP contribution in [0.2, 0.25) is 0 Å². The Kier molecular flexibility index (Phi) is 5.99. The number of ether oxygens (including phenoxy) is 1. The number of anilines is 1. The Morgan fingerprint density at radius 3 is 2.70 bits per heavy atom. The molecule has 0 spiro atoms. The number of aromatic nitrogens is 4. The maximum Gasteiger partial charge on any atom is 0.319 e. The number of rotatable bonds is 6. The normalized spacial score (nSPS) is 21.9. The summed E-state index contributed by atoms with van der Waals surface area (Å²) in [6.45, 7) is 2.06. The van der Waals surface area contributed by atoms with Crippen LogP contribution in [0.5, 0.6) is 5.75 Å². The highest BCUT2D eigenvalue weighted by Gasteiger charge is 2.47. The smallest absolute Gasteiger partial charge is 0.319 e. The van der Waals surface area contributed by atoms with Gasteiger partial charge in [-0.25, -0.2) is 14.8 Å². The zero-order valence-corrected chi connectivity index (χ0v) is 25.9. The highest BCUT2D eigenvalue weighted by atomic mass is 16.5. The Hall–Kier alpha value is -4.90. The van der Waals surface area contributed by atoms with Gasteiger partial charge in [0.2, 0.25) is 0 Å². The number of aryl methyl sites for hydroxylation is 1. The predicted molar refractivity (Wildman–Crippen MR) is 176 cm³/mol. The zero-order valence-electron chi connectivity index (χ0n) is 25.9. The van der Waals surface area contributed by atoms with E-state index in [0.29, 0.717) is 36.2 Å². The van der Waals surface area contributed by atoms with Crippen LogP contribution in [0.25, 0.3) is 44.8 Å². The summed E-state index contributed by atoms with van der Waals surface area (Å²) in [6, 6.07) is 16.1. The minimum atomic E-state index is -0.184. The molecule has 0 radical (unpaired) electrons. The lowest BCUT2D eigenvalue weighted by molar-refractivity contribution is 0.0700. The van der Waals surface area contributed by atoms with Crippen LogP contribution in [0.3, 0.4) is 0 Å². The number of hydrogen-bond donors (Lipinski definition) is 3. The lowest BCUT2D eigenvalue weighted by Crippen LogP contribution is -2.41. The van der Waals surface area contributed by atoms with Crippen LogP contribution in [0, 0.1) is 11.8 Å². The number of benzene rings is 2. The number of piperidine rings is 1. The van der Waals surface area contributed by atoms with Crippen molar-refractivity contribution in [3.8, 4) is 28.5 Å². The minimum Gasteiger partial charge on any atom is -0.494 e. The van der Waals surface area contributed by atoms with Gasteiger partial charge in [0.1, 0.15) is 16.9 Å². The van der Waals surface area contributed by atoms with Crippen LogP contribution in [0.4, 0.5) is 10.5 Å². The van der Waals surface area contributed by atoms with Crippen molar-refractivity contribution in [1.82, 2.24) is 29.3 Å². The molecule has 2 bridgehead atoms. The number of hydrogen-bond acceptors (Lipinski definition) is 6. The van der Waals surface area contributed by atoms with Crippen LogP contribution >= 0.6 is 0 Å². The van der Waals surface area contributed by atoms with Gasteiger partial charge in [0.05, 0.1) is 24.0 Å². The fourth-order valence-corrected chi connectivity index (χ4v) is 7.85. The quantitative estimate of drug-likeness (QED) is 0.249. The van der Waals surface area contributed by atoms with Gasteiger partial charge in [-0.2, -0.15) is 0 Å². The van der Waals surface area contributed by atoms with E-state index in [2.05, 4.69) is 44.0 Å². The molecular weight excluding hydrogens is 580 g/mol. The number of carbonyl (C=O) groups excluding carboxylic acids is 2. The second kappa shape index (κ2) is 10.1. The van der Waals surface area contributed by atoms with Crippen LogP contribution in [-0.2, 0) is 20.1 Å². The molecule has 3 fully saturated rings. The maximum atomic E-state index is 13.7. The Labute approximate surface area is 265 Å². The molecule has 2 saturated carbocycles. The molecule has 3 amide bonds. The van der Waals surface area contributed by atoms with Crippen molar-refractivity contribution in [3.63, 3.8) is 0 Å². The fraction of sp³-hybridized carbons (Fsp3) is 0.371. The first kappa shape index (κ1) is 27.4. The largest absolute Gasteiger partial charge is 0.494 e. The Morgan fingerprint density at radius 1 is 1.07 bits per heavy atom. The first-order valence-corrected chi connectivity index (χ1v) is 16.2. The van der Waals surface area contributed by atoms with E-state index in [4.69, 9.17) is 20.4 Å². The summed E-state index contributed by atoms with van der Waals surface area (Å²) in [5, 5.41) is 6.75. The Morgan fingerprint density at radius 2 is 1.93 bits per heavy atom. The molecule has 5 heterocycles. The summed E-state index contributed by atoms with van der Waals surface area (Å²) < 4.78 is 10.2.